The van der Waals surface area contributed by atoms with Crippen LogP contribution in [0, 0.1) is 0 Å². The largest absolute Gasteiger partial charge is 0.371 e. The third-order valence-corrected chi connectivity index (χ3v) is 6.39. The minimum Gasteiger partial charge on any atom is -0.371 e. The van der Waals surface area contributed by atoms with E-state index in [1.807, 2.05) is 0 Å². The highest BCUT2D eigenvalue weighted by Crippen LogP contribution is 2.59. The lowest BCUT2D eigenvalue weighted by atomic mass is 9.83. The van der Waals surface area contributed by atoms with Gasteiger partial charge in [-0.25, -0.2) is 0 Å². The van der Waals surface area contributed by atoms with Crippen LogP contribution in [0.15, 0.2) is 72.8 Å². The Kier molecular flexibility index (Phi) is 3.18. The third kappa shape index (κ3) is 2.23. The van der Waals surface area contributed by atoms with E-state index in [9.17, 15) is 0 Å². The maximum absolute atomic E-state index is 6.70. The normalized spacial score (nSPS) is 22.6. The van der Waals surface area contributed by atoms with Gasteiger partial charge in [-0.05, 0) is 64.6 Å². The Balaban J connectivity index is 1.62. The van der Waals surface area contributed by atoms with E-state index in [-0.39, 0.29) is 11.7 Å². The van der Waals surface area contributed by atoms with E-state index in [0.29, 0.717) is 11.8 Å². The fourth-order valence-corrected chi connectivity index (χ4v) is 5.41. The number of rotatable bonds is 1. The van der Waals surface area contributed by atoms with Crippen molar-refractivity contribution in [2.45, 2.75) is 44.3 Å². The van der Waals surface area contributed by atoms with Crippen LogP contribution in [-0.2, 0) is 4.74 Å². The van der Waals surface area contributed by atoms with Gasteiger partial charge in [0, 0.05) is 11.8 Å². The average Bonchev–Trinajstić information content (AvgIpc) is 3.11. The van der Waals surface area contributed by atoms with Crippen LogP contribution in [0.3, 0.4) is 0 Å². The highest BCUT2D eigenvalue weighted by molar-refractivity contribution is 5.89. The quantitative estimate of drug-likeness (QED) is 0.362. The zero-order chi connectivity index (χ0) is 19.0. The van der Waals surface area contributed by atoms with Crippen molar-refractivity contribution in [2.24, 2.45) is 0 Å². The van der Waals surface area contributed by atoms with Crippen molar-refractivity contribution in [1.29, 1.82) is 0 Å². The van der Waals surface area contributed by atoms with Crippen molar-refractivity contribution in [1.82, 2.24) is 0 Å². The van der Waals surface area contributed by atoms with E-state index in [2.05, 4.69) is 93.6 Å². The lowest BCUT2D eigenvalue weighted by molar-refractivity contribution is -0.0626. The van der Waals surface area contributed by atoms with Crippen molar-refractivity contribution in [3.8, 4) is 0 Å². The minimum absolute atomic E-state index is 0.163. The summed E-state index contributed by atoms with van der Waals surface area (Å²) in [6.07, 6.45) is 0.179. The molecule has 0 unspecified atom stereocenters. The lowest BCUT2D eigenvalue weighted by Crippen LogP contribution is -2.29. The Hall–Kier alpha value is -2.64. The topological polar surface area (TPSA) is 9.23 Å². The molecule has 0 saturated carbocycles. The number of hydrogen-bond acceptors (Lipinski definition) is 1. The number of benzene rings is 4. The van der Waals surface area contributed by atoms with Crippen LogP contribution >= 0.6 is 0 Å². The first-order valence-corrected chi connectivity index (χ1v) is 10.2. The van der Waals surface area contributed by atoms with Crippen LogP contribution in [0.5, 0.6) is 0 Å². The van der Waals surface area contributed by atoms with Crippen LogP contribution in [0.25, 0.3) is 21.5 Å². The molecule has 0 N–H and O–H groups in total. The van der Waals surface area contributed by atoms with Gasteiger partial charge in [-0.1, -0.05) is 72.8 Å². The molecule has 0 spiro atoms. The van der Waals surface area contributed by atoms with Gasteiger partial charge in [-0.15, -0.1) is 0 Å². The molecule has 0 aromatic heterocycles. The number of hydrogen-bond donors (Lipinski definition) is 0. The van der Waals surface area contributed by atoms with Crippen LogP contribution in [0.4, 0.5) is 0 Å². The van der Waals surface area contributed by atoms with Crippen molar-refractivity contribution in [3.05, 3.63) is 95.1 Å². The first kappa shape index (κ1) is 16.3. The average molecular weight is 364 g/mol. The van der Waals surface area contributed by atoms with E-state index >= 15 is 0 Å². The van der Waals surface area contributed by atoms with E-state index in [0.717, 1.165) is 0 Å². The molecule has 6 rings (SSSR count). The molecule has 138 valence electrons. The fraction of sp³-hybridized carbons (Fsp3) is 0.259. The summed E-state index contributed by atoms with van der Waals surface area (Å²) in [5, 5.41) is 5.30. The molecule has 0 saturated heterocycles. The second kappa shape index (κ2) is 5.46. The summed E-state index contributed by atoms with van der Waals surface area (Å²) in [6, 6.07) is 27.1. The van der Waals surface area contributed by atoms with Gasteiger partial charge in [0.05, 0.1) is 11.7 Å². The van der Waals surface area contributed by atoms with Gasteiger partial charge in [0.25, 0.3) is 0 Å². The highest BCUT2D eigenvalue weighted by Gasteiger charge is 2.51. The van der Waals surface area contributed by atoms with E-state index in [1.165, 1.54) is 43.8 Å². The van der Waals surface area contributed by atoms with Crippen molar-refractivity contribution < 1.29 is 4.74 Å². The van der Waals surface area contributed by atoms with Crippen molar-refractivity contribution in [3.63, 3.8) is 0 Å². The van der Waals surface area contributed by atoms with E-state index in [4.69, 9.17) is 4.74 Å². The summed E-state index contributed by atoms with van der Waals surface area (Å²) >= 11 is 0. The van der Waals surface area contributed by atoms with Gasteiger partial charge in [0.2, 0.25) is 0 Å². The SMILES string of the molecule is CC(C)(C)O[C@H]1C2c3cc4ccccc4cc3[C@H]1c1cc3ccccc3cc12. The molecule has 1 heteroatoms. The number of fused-ring (bicyclic) bond motifs is 10. The second-order valence-corrected chi connectivity index (χ2v) is 9.31. The molecule has 2 bridgehead atoms. The van der Waals surface area contributed by atoms with Crippen LogP contribution in [-0.4, -0.2) is 11.7 Å². The molecular weight excluding hydrogens is 340 g/mol. The van der Waals surface area contributed by atoms with Crippen LogP contribution < -0.4 is 0 Å². The number of ether oxygens (including phenoxy) is 1. The Morgan fingerprint density at radius 3 is 1.18 bits per heavy atom. The van der Waals surface area contributed by atoms with Gasteiger partial charge < -0.3 is 4.74 Å². The molecule has 28 heavy (non-hydrogen) atoms. The van der Waals surface area contributed by atoms with E-state index < -0.39 is 0 Å². The summed E-state index contributed by atoms with van der Waals surface area (Å²) in [7, 11) is 0. The Labute approximate surface area is 166 Å². The zero-order valence-corrected chi connectivity index (χ0v) is 16.6. The van der Waals surface area contributed by atoms with Crippen LogP contribution in [0.1, 0.15) is 54.9 Å². The molecule has 4 aromatic rings. The lowest BCUT2D eigenvalue weighted by Gasteiger charge is -2.28. The molecule has 0 heterocycles. The Morgan fingerprint density at radius 2 is 0.893 bits per heavy atom. The maximum atomic E-state index is 6.70. The first-order chi connectivity index (χ1) is 13.5. The zero-order valence-electron chi connectivity index (χ0n) is 16.6. The van der Waals surface area contributed by atoms with Gasteiger partial charge in [-0.3, -0.25) is 0 Å². The fourth-order valence-electron chi connectivity index (χ4n) is 5.41. The van der Waals surface area contributed by atoms with Gasteiger partial charge in [0.15, 0.2) is 0 Å². The third-order valence-electron chi connectivity index (χ3n) is 6.39. The molecule has 0 fully saturated rings. The summed E-state index contributed by atoms with van der Waals surface area (Å²) in [6.45, 7) is 6.52. The van der Waals surface area contributed by atoms with Gasteiger partial charge >= 0.3 is 0 Å². The molecule has 0 amide bonds. The van der Waals surface area contributed by atoms with Crippen molar-refractivity contribution in [2.75, 3.05) is 0 Å². The highest BCUT2D eigenvalue weighted by atomic mass is 16.5. The minimum atomic E-state index is -0.163. The Bertz CT molecular complexity index is 1070. The summed E-state index contributed by atoms with van der Waals surface area (Å²) in [4.78, 5) is 0. The maximum Gasteiger partial charge on any atom is 0.0800 e. The smallest absolute Gasteiger partial charge is 0.0800 e. The molecule has 0 atom stereocenters. The molecule has 0 aliphatic heterocycles. The molecule has 2 aliphatic carbocycles. The van der Waals surface area contributed by atoms with E-state index in [1.54, 1.807) is 0 Å². The summed E-state index contributed by atoms with van der Waals surface area (Å²) in [5.41, 5.74) is 5.67. The molecular formula is C27H24O. The van der Waals surface area contributed by atoms with Crippen molar-refractivity contribution >= 4 is 21.5 Å². The molecule has 2 aliphatic rings. The summed E-state index contributed by atoms with van der Waals surface area (Å²) < 4.78 is 6.70. The van der Waals surface area contributed by atoms with Gasteiger partial charge in [-0.2, -0.15) is 0 Å². The van der Waals surface area contributed by atoms with Crippen LogP contribution in [0.2, 0.25) is 0 Å². The standard InChI is InChI=1S/C27H24O/c1-27(2,3)28-26-24-20-12-16-8-4-5-9-17(16)13-21(20)25(26)23-15-19-11-7-6-10-18(19)14-22(23)24/h4-15,24-26H,1-3H3/t24-,25?,26?. The predicted octanol–water partition coefficient (Wildman–Crippen LogP) is 6.77. The second-order valence-electron chi connectivity index (χ2n) is 9.31. The first-order valence-electron chi connectivity index (χ1n) is 10.2. The van der Waals surface area contributed by atoms with Gasteiger partial charge in [0.1, 0.15) is 0 Å². The predicted molar refractivity (Wildman–Crippen MR) is 116 cm³/mol. The Morgan fingerprint density at radius 1 is 0.571 bits per heavy atom. The molecule has 1 nitrogen and oxygen atoms in total. The monoisotopic (exact) mass is 364 g/mol. The molecule has 4 aromatic carbocycles. The molecule has 0 radical (unpaired) electrons. The summed E-state index contributed by atoms with van der Waals surface area (Å²) in [5.74, 6) is 0.645.